The van der Waals surface area contributed by atoms with Gasteiger partial charge in [-0.05, 0) is 12.8 Å². The molecule has 12 heavy (non-hydrogen) atoms. The molecule has 4 nitrogen and oxygen atoms in total. The van der Waals surface area contributed by atoms with Gasteiger partial charge in [-0.1, -0.05) is 13.8 Å². The van der Waals surface area contributed by atoms with Crippen molar-refractivity contribution in [1.29, 1.82) is 0 Å². The summed E-state index contributed by atoms with van der Waals surface area (Å²) in [5.74, 6) is -0.893. The van der Waals surface area contributed by atoms with Crippen LogP contribution in [-0.2, 0) is 4.79 Å². The van der Waals surface area contributed by atoms with E-state index in [-0.39, 0.29) is 5.84 Å². The van der Waals surface area contributed by atoms with E-state index in [1.54, 1.807) is 0 Å². The van der Waals surface area contributed by atoms with Crippen molar-refractivity contribution in [2.24, 2.45) is 4.99 Å². The second kappa shape index (κ2) is 6.64. The number of aliphatic carboxylic acids is 1. The summed E-state index contributed by atoms with van der Waals surface area (Å²) in [4.78, 5) is 14.4. The van der Waals surface area contributed by atoms with Crippen LogP contribution in [0.4, 0.5) is 0 Å². The molecule has 0 rings (SSSR count). The Morgan fingerprint density at radius 2 is 2.08 bits per heavy atom. The van der Waals surface area contributed by atoms with Gasteiger partial charge in [0.05, 0.1) is 0 Å². The second-order valence-electron chi connectivity index (χ2n) is 2.46. The van der Waals surface area contributed by atoms with Gasteiger partial charge in [-0.25, -0.2) is 4.79 Å². The molecule has 0 radical (unpaired) electrons. The number of nitrogens with one attached hydrogen (secondary N) is 1. The van der Waals surface area contributed by atoms with Crippen molar-refractivity contribution in [1.82, 2.24) is 5.32 Å². The highest BCUT2D eigenvalue weighted by molar-refractivity contribution is 6.34. The molecule has 0 spiro atoms. The van der Waals surface area contributed by atoms with Crippen molar-refractivity contribution in [3.8, 4) is 0 Å². The molecule has 0 heterocycles. The maximum absolute atomic E-state index is 10.5. The molecule has 0 aromatic heterocycles. The monoisotopic (exact) mass is 172 g/mol. The Balaban J connectivity index is 3.94. The predicted octanol–water partition coefficient (Wildman–Crippen LogP) is 0.879. The van der Waals surface area contributed by atoms with Gasteiger partial charge in [0.2, 0.25) is 5.84 Å². The number of rotatable bonds is 4. The molecule has 2 N–H and O–H groups in total. The lowest BCUT2D eigenvalue weighted by Gasteiger charge is -2.03. The highest BCUT2D eigenvalue weighted by atomic mass is 16.4. The lowest BCUT2D eigenvalue weighted by atomic mass is 10.4. The molecule has 0 aromatic rings. The fourth-order valence-corrected chi connectivity index (χ4v) is 0.666. The zero-order valence-corrected chi connectivity index (χ0v) is 7.63. The van der Waals surface area contributed by atoms with Gasteiger partial charge in [0.1, 0.15) is 0 Å². The van der Waals surface area contributed by atoms with Gasteiger partial charge in [-0.2, -0.15) is 0 Å². The summed E-state index contributed by atoms with van der Waals surface area (Å²) in [5, 5.41) is 11.4. The van der Waals surface area contributed by atoms with E-state index < -0.39 is 5.97 Å². The Morgan fingerprint density at radius 3 is 2.50 bits per heavy atom. The van der Waals surface area contributed by atoms with Crippen LogP contribution in [0.15, 0.2) is 4.99 Å². The molecule has 0 unspecified atom stereocenters. The van der Waals surface area contributed by atoms with Gasteiger partial charge in [-0.15, -0.1) is 0 Å². The summed E-state index contributed by atoms with van der Waals surface area (Å²) in [6.07, 6.45) is 1.77. The van der Waals surface area contributed by atoms with Crippen molar-refractivity contribution in [2.75, 3.05) is 13.1 Å². The number of aliphatic imine (C=N–C) groups is 1. The van der Waals surface area contributed by atoms with Crippen LogP contribution in [0, 0.1) is 0 Å². The van der Waals surface area contributed by atoms with Crippen molar-refractivity contribution in [2.45, 2.75) is 26.7 Å². The average Bonchev–Trinajstić information content (AvgIpc) is 2.04. The van der Waals surface area contributed by atoms with Crippen molar-refractivity contribution in [3.05, 3.63) is 0 Å². The zero-order valence-electron chi connectivity index (χ0n) is 7.63. The minimum absolute atomic E-state index is 0.0821. The van der Waals surface area contributed by atoms with Crippen LogP contribution >= 0.6 is 0 Å². The topological polar surface area (TPSA) is 61.7 Å². The Labute approximate surface area is 72.7 Å². The van der Waals surface area contributed by atoms with Gasteiger partial charge in [0.25, 0.3) is 0 Å². The van der Waals surface area contributed by atoms with Crippen LogP contribution in [-0.4, -0.2) is 30.0 Å². The van der Waals surface area contributed by atoms with Gasteiger partial charge < -0.3 is 10.4 Å². The SMILES string of the molecule is CCCN=C(NCCC)C(=O)O. The van der Waals surface area contributed by atoms with E-state index in [0.29, 0.717) is 13.1 Å². The van der Waals surface area contributed by atoms with E-state index in [0.717, 1.165) is 12.8 Å². The lowest BCUT2D eigenvalue weighted by molar-refractivity contribution is -0.129. The smallest absolute Gasteiger partial charge is 0.371 e. The number of nitrogens with zero attached hydrogens (tertiary/aromatic N) is 1. The number of carbonyl (C=O) groups is 1. The van der Waals surface area contributed by atoms with Crippen LogP contribution in [0.3, 0.4) is 0 Å². The van der Waals surface area contributed by atoms with Crippen LogP contribution in [0.1, 0.15) is 26.7 Å². The Bertz CT molecular complexity index is 166. The van der Waals surface area contributed by atoms with Gasteiger partial charge >= 0.3 is 5.97 Å². The standard InChI is InChI=1S/C8H16N2O2/c1-3-5-9-7(8(11)12)10-6-4-2/h3-6H2,1-2H3,(H,9,10)(H,11,12). The van der Waals surface area contributed by atoms with Crippen molar-refractivity contribution < 1.29 is 9.90 Å². The second-order valence-corrected chi connectivity index (χ2v) is 2.46. The molecule has 0 aliphatic carbocycles. The summed E-state index contributed by atoms with van der Waals surface area (Å²) in [7, 11) is 0. The van der Waals surface area contributed by atoms with E-state index in [9.17, 15) is 4.79 Å². The molecular weight excluding hydrogens is 156 g/mol. The first-order chi connectivity index (χ1) is 5.72. The molecule has 0 bridgehead atoms. The first-order valence-corrected chi connectivity index (χ1v) is 4.24. The molecule has 0 saturated carbocycles. The number of hydrogen-bond acceptors (Lipinski definition) is 2. The number of carboxylic acids is 1. The number of amidine groups is 1. The van der Waals surface area contributed by atoms with Gasteiger partial charge in [-0.3, -0.25) is 4.99 Å². The fourth-order valence-electron chi connectivity index (χ4n) is 0.666. The van der Waals surface area contributed by atoms with Gasteiger partial charge in [0, 0.05) is 13.1 Å². The van der Waals surface area contributed by atoms with Crippen LogP contribution in [0.25, 0.3) is 0 Å². The third-order valence-electron chi connectivity index (χ3n) is 1.24. The largest absolute Gasteiger partial charge is 0.475 e. The first-order valence-electron chi connectivity index (χ1n) is 4.24. The number of carboxylic acid groups (broad SMARTS) is 1. The predicted molar refractivity (Wildman–Crippen MR) is 48.5 cm³/mol. The van der Waals surface area contributed by atoms with E-state index >= 15 is 0 Å². The first kappa shape index (κ1) is 10.9. The van der Waals surface area contributed by atoms with Gasteiger partial charge in [0.15, 0.2) is 0 Å². The van der Waals surface area contributed by atoms with Crippen molar-refractivity contribution in [3.63, 3.8) is 0 Å². The molecule has 4 heteroatoms. The average molecular weight is 172 g/mol. The quantitative estimate of drug-likeness (QED) is 0.489. The third kappa shape index (κ3) is 4.71. The molecule has 70 valence electrons. The number of hydrogen-bond donors (Lipinski definition) is 2. The minimum Gasteiger partial charge on any atom is -0.475 e. The fraction of sp³-hybridized carbons (Fsp3) is 0.750. The van der Waals surface area contributed by atoms with E-state index in [1.807, 2.05) is 13.8 Å². The Morgan fingerprint density at radius 1 is 1.42 bits per heavy atom. The normalized spacial score (nSPS) is 11.3. The molecular formula is C8H16N2O2. The third-order valence-corrected chi connectivity index (χ3v) is 1.24. The molecule has 0 aromatic carbocycles. The van der Waals surface area contributed by atoms with Crippen molar-refractivity contribution >= 4 is 11.8 Å². The van der Waals surface area contributed by atoms with Crippen LogP contribution < -0.4 is 5.32 Å². The summed E-state index contributed by atoms with van der Waals surface area (Å²) in [5.41, 5.74) is 0. The molecule has 0 atom stereocenters. The Hall–Kier alpha value is -1.06. The molecule has 0 amide bonds. The molecule has 0 aliphatic heterocycles. The summed E-state index contributed by atoms with van der Waals surface area (Å²) in [6, 6.07) is 0. The van der Waals surface area contributed by atoms with E-state index in [4.69, 9.17) is 5.11 Å². The minimum atomic E-state index is -0.975. The summed E-state index contributed by atoms with van der Waals surface area (Å²) < 4.78 is 0. The molecule has 0 aliphatic rings. The zero-order chi connectivity index (χ0) is 9.40. The lowest BCUT2D eigenvalue weighted by Crippen LogP contribution is -2.31. The maximum atomic E-state index is 10.5. The van der Waals surface area contributed by atoms with E-state index in [1.165, 1.54) is 0 Å². The van der Waals surface area contributed by atoms with Crippen LogP contribution in [0.5, 0.6) is 0 Å². The van der Waals surface area contributed by atoms with E-state index in [2.05, 4.69) is 10.3 Å². The Kier molecular flexibility index (Phi) is 6.05. The maximum Gasteiger partial charge on any atom is 0.371 e. The highest BCUT2D eigenvalue weighted by Crippen LogP contribution is 1.82. The molecule has 0 saturated heterocycles. The highest BCUT2D eigenvalue weighted by Gasteiger charge is 2.05. The summed E-state index contributed by atoms with van der Waals surface area (Å²) >= 11 is 0. The summed E-state index contributed by atoms with van der Waals surface area (Å²) in [6.45, 7) is 5.17. The molecule has 0 fully saturated rings. The van der Waals surface area contributed by atoms with Crippen LogP contribution in [0.2, 0.25) is 0 Å².